The fourth-order valence-electron chi connectivity index (χ4n) is 2.72. The van der Waals surface area contributed by atoms with E-state index < -0.39 is 17.7 Å². The number of nitro benzene ring substituents is 1. The van der Waals surface area contributed by atoms with Gasteiger partial charge in [0.1, 0.15) is 0 Å². The zero-order valence-electron chi connectivity index (χ0n) is 14.3. The first kappa shape index (κ1) is 22.3. The van der Waals surface area contributed by atoms with Gasteiger partial charge in [-0.25, -0.2) is 0 Å². The summed E-state index contributed by atoms with van der Waals surface area (Å²) >= 11 is 0. The van der Waals surface area contributed by atoms with Crippen LogP contribution in [0.3, 0.4) is 0 Å². The zero-order valence-corrected chi connectivity index (χ0v) is 15.2. The van der Waals surface area contributed by atoms with Crippen molar-refractivity contribution in [2.45, 2.75) is 25.7 Å². The number of hydrogen-bond acceptors (Lipinski definition) is 6. The van der Waals surface area contributed by atoms with Crippen molar-refractivity contribution in [3.63, 3.8) is 0 Å². The van der Waals surface area contributed by atoms with Crippen LogP contribution in [0.2, 0.25) is 0 Å². The van der Waals surface area contributed by atoms with Crippen molar-refractivity contribution < 1.29 is 27.6 Å². The molecule has 11 heteroatoms. The van der Waals surface area contributed by atoms with Gasteiger partial charge in [-0.3, -0.25) is 15.0 Å². The first-order valence-corrected chi connectivity index (χ1v) is 7.70. The van der Waals surface area contributed by atoms with Gasteiger partial charge in [0.25, 0.3) is 5.69 Å². The van der Waals surface area contributed by atoms with Crippen molar-refractivity contribution in [2.75, 3.05) is 33.4 Å². The van der Waals surface area contributed by atoms with Crippen LogP contribution in [0.15, 0.2) is 12.1 Å². The summed E-state index contributed by atoms with van der Waals surface area (Å²) in [6, 6.07) is 2.62. The molecule has 0 saturated carbocycles. The zero-order chi connectivity index (χ0) is 18.6. The minimum atomic E-state index is -4.55. The number of ether oxygens (including phenoxy) is 2. The number of nitrogens with one attached hydrogen (secondary N) is 1. The molecule has 2 rings (SSSR count). The lowest BCUT2D eigenvalue weighted by Crippen LogP contribution is -2.48. The molecule has 1 saturated heterocycles. The molecule has 1 atom stereocenters. The Morgan fingerprint density at radius 1 is 1.38 bits per heavy atom. The number of alkyl halides is 3. The molecule has 1 aromatic carbocycles. The molecule has 1 heterocycles. The van der Waals surface area contributed by atoms with E-state index in [0.29, 0.717) is 18.7 Å². The van der Waals surface area contributed by atoms with Crippen LogP contribution in [0.25, 0.3) is 0 Å². The van der Waals surface area contributed by atoms with E-state index >= 15 is 0 Å². The second kappa shape index (κ2) is 9.24. The number of rotatable bonds is 6. The number of hydrogen-bond donors (Lipinski definition) is 1. The fourth-order valence-corrected chi connectivity index (χ4v) is 2.72. The monoisotopic (exact) mass is 399 g/mol. The molecule has 26 heavy (non-hydrogen) atoms. The van der Waals surface area contributed by atoms with Crippen LogP contribution in [0, 0.1) is 10.1 Å². The van der Waals surface area contributed by atoms with Crippen LogP contribution in [-0.2, 0) is 6.54 Å². The Labute approximate surface area is 155 Å². The van der Waals surface area contributed by atoms with Crippen LogP contribution >= 0.6 is 12.4 Å². The minimum Gasteiger partial charge on any atom is -0.493 e. The minimum absolute atomic E-state index is 0. The standard InChI is InChI=1S/C15H20F3N3O4.ClH/c1-10-7-20(4-3-19-10)8-11-5-13(24-2)14(6-12(11)21(22)23)25-9-15(16,17)18;/h5-6,10,19H,3-4,7-9H2,1-2H3;1H. The molecule has 0 aromatic heterocycles. The van der Waals surface area contributed by atoms with Crippen molar-refractivity contribution in [1.82, 2.24) is 10.2 Å². The second-order valence-electron chi connectivity index (χ2n) is 5.88. The van der Waals surface area contributed by atoms with E-state index in [1.807, 2.05) is 11.8 Å². The second-order valence-corrected chi connectivity index (χ2v) is 5.88. The topological polar surface area (TPSA) is 76.9 Å². The highest BCUT2D eigenvalue weighted by Gasteiger charge is 2.30. The number of benzene rings is 1. The number of nitro groups is 1. The maximum absolute atomic E-state index is 12.3. The number of nitrogens with zero attached hydrogens (tertiary/aromatic N) is 2. The molecule has 0 radical (unpaired) electrons. The predicted octanol–water partition coefficient (Wildman–Crippen LogP) is 2.76. The van der Waals surface area contributed by atoms with Crippen molar-refractivity contribution >= 4 is 18.1 Å². The summed E-state index contributed by atoms with van der Waals surface area (Å²) in [6.07, 6.45) is -4.55. The van der Waals surface area contributed by atoms with E-state index in [0.717, 1.165) is 19.2 Å². The number of piperazine rings is 1. The van der Waals surface area contributed by atoms with E-state index in [9.17, 15) is 23.3 Å². The van der Waals surface area contributed by atoms with Gasteiger partial charge in [-0.15, -0.1) is 12.4 Å². The summed E-state index contributed by atoms with van der Waals surface area (Å²) in [5, 5.41) is 14.6. The van der Waals surface area contributed by atoms with Crippen LogP contribution < -0.4 is 14.8 Å². The smallest absolute Gasteiger partial charge is 0.422 e. The predicted molar refractivity (Wildman–Crippen MR) is 91.2 cm³/mol. The lowest BCUT2D eigenvalue weighted by Gasteiger charge is -2.31. The molecule has 7 nitrogen and oxygen atoms in total. The van der Waals surface area contributed by atoms with Gasteiger partial charge in [0.15, 0.2) is 18.1 Å². The maximum atomic E-state index is 12.3. The van der Waals surface area contributed by atoms with Gasteiger partial charge < -0.3 is 14.8 Å². The normalized spacial score (nSPS) is 18.1. The average Bonchev–Trinajstić information content (AvgIpc) is 2.52. The fraction of sp³-hybridized carbons (Fsp3) is 0.600. The molecule has 148 valence electrons. The van der Waals surface area contributed by atoms with Crippen molar-refractivity contribution in [3.05, 3.63) is 27.8 Å². The van der Waals surface area contributed by atoms with Gasteiger partial charge in [-0.2, -0.15) is 13.2 Å². The molecule has 1 aromatic rings. The van der Waals surface area contributed by atoms with Gasteiger partial charge >= 0.3 is 6.18 Å². The highest BCUT2D eigenvalue weighted by molar-refractivity contribution is 5.85. The van der Waals surface area contributed by atoms with Crippen molar-refractivity contribution in [1.29, 1.82) is 0 Å². The van der Waals surface area contributed by atoms with Crippen LogP contribution in [0.4, 0.5) is 18.9 Å². The molecule has 0 aliphatic carbocycles. The van der Waals surface area contributed by atoms with Gasteiger partial charge in [0.05, 0.1) is 18.1 Å². The van der Waals surface area contributed by atoms with Gasteiger partial charge in [0.2, 0.25) is 0 Å². The van der Waals surface area contributed by atoms with Gasteiger partial charge in [-0.1, -0.05) is 0 Å². The lowest BCUT2D eigenvalue weighted by atomic mass is 10.1. The summed E-state index contributed by atoms with van der Waals surface area (Å²) in [5.41, 5.74) is 0.0828. The lowest BCUT2D eigenvalue weighted by molar-refractivity contribution is -0.385. The van der Waals surface area contributed by atoms with Crippen molar-refractivity contribution in [2.24, 2.45) is 0 Å². The van der Waals surface area contributed by atoms with Crippen LogP contribution in [0.5, 0.6) is 11.5 Å². The van der Waals surface area contributed by atoms with E-state index in [1.165, 1.54) is 13.2 Å². The first-order chi connectivity index (χ1) is 11.7. The molecule has 1 N–H and O–H groups in total. The van der Waals surface area contributed by atoms with E-state index in [2.05, 4.69) is 10.1 Å². The Balaban J connectivity index is 0.00000338. The number of halogens is 4. The molecule has 0 spiro atoms. The van der Waals surface area contributed by atoms with Crippen LogP contribution in [0.1, 0.15) is 12.5 Å². The maximum Gasteiger partial charge on any atom is 0.422 e. The summed E-state index contributed by atoms with van der Waals surface area (Å²) in [4.78, 5) is 12.8. The highest BCUT2D eigenvalue weighted by atomic mass is 35.5. The Kier molecular flexibility index (Phi) is 7.91. The third-order valence-electron chi connectivity index (χ3n) is 3.80. The van der Waals surface area contributed by atoms with Crippen molar-refractivity contribution in [3.8, 4) is 11.5 Å². The molecule has 1 unspecified atom stereocenters. The first-order valence-electron chi connectivity index (χ1n) is 7.70. The Bertz CT molecular complexity index is 631. The van der Waals surface area contributed by atoms with E-state index in [-0.39, 0.29) is 35.6 Å². The van der Waals surface area contributed by atoms with Crippen LogP contribution in [-0.4, -0.2) is 55.4 Å². The molecular formula is C15H21ClF3N3O4. The third kappa shape index (κ3) is 6.19. The van der Waals surface area contributed by atoms with E-state index in [1.54, 1.807) is 0 Å². The molecule has 1 aliphatic heterocycles. The quantitative estimate of drug-likeness (QED) is 0.585. The Hall–Kier alpha value is -1.78. The third-order valence-corrected chi connectivity index (χ3v) is 3.80. The Morgan fingerprint density at radius 2 is 2.08 bits per heavy atom. The molecular weight excluding hydrogens is 379 g/mol. The Morgan fingerprint density at radius 3 is 2.62 bits per heavy atom. The average molecular weight is 400 g/mol. The summed E-state index contributed by atoms with van der Waals surface area (Å²) in [6.45, 7) is 2.96. The molecule has 1 aliphatic rings. The van der Waals surface area contributed by atoms with E-state index in [4.69, 9.17) is 4.74 Å². The molecule has 0 bridgehead atoms. The van der Waals surface area contributed by atoms with Gasteiger partial charge in [-0.05, 0) is 13.0 Å². The summed E-state index contributed by atoms with van der Waals surface area (Å²) < 4.78 is 46.8. The summed E-state index contributed by atoms with van der Waals surface area (Å²) in [5.74, 6) is -0.267. The molecule has 0 amide bonds. The molecule has 1 fully saturated rings. The highest BCUT2D eigenvalue weighted by Crippen LogP contribution is 2.36. The van der Waals surface area contributed by atoms with Gasteiger partial charge in [0, 0.05) is 37.8 Å². The summed E-state index contributed by atoms with van der Waals surface area (Å²) in [7, 11) is 1.28. The SMILES string of the molecule is COc1cc(CN2CCNC(C)C2)c([N+](=O)[O-])cc1OCC(F)(F)F.Cl. The number of methoxy groups -OCH3 is 1. The largest absolute Gasteiger partial charge is 0.493 e.